The van der Waals surface area contributed by atoms with Crippen LogP contribution in [0, 0.1) is 0 Å². The summed E-state index contributed by atoms with van der Waals surface area (Å²) in [6.45, 7) is 6.49. The first-order chi connectivity index (χ1) is 31.5. The van der Waals surface area contributed by atoms with Crippen molar-refractivity contribution in [3.63, 3.8) is 0 Å². The van der Waals surface area contributed by atoms with Crippen LogP contribution in [-0.4, -0.2) is 37.2 Å². The molecule has 1 unspecified atom stereocenters. The number of carbonyl (C=O) groups excluding carboxylic acids is 3. The summed E-state index contributed by atoms with van der Waals surface area (Å²) in [5, 5.41) is 0. The Hall–Kier alpha value is -3.41. The van der Waals surface area contributed by atoms with Gasteiger partial charge in [0.1, 0.15) is 13.2 Å². The molecule has 0 spiro atoms. The molecule has 6 nitrogen and oxygen atoms in total. The van der Waals surface area contributed by atoms with Gasteiger partial charge < -0.3 is 14.2 Å². The minimum atomic E-state index is -0.833. The van der Waals surface area contributed by atoms with E-state index in [1.165, 1.54) is 128 Å². The molecule has 6 heteroatoms. The second-order valence-electron chi connectivity index (χ2n) is 17.5. The highest BCUT2D eigenvalue weighted by Gasteiger charge is 2.19. The molecule has 0 fully saturated rings. The number of hydrogen-bond acceptors (Lipinski definition) is 6. The molecule has 64 heavy (non-hydrogen) atoms. The summed E-state index contributed by atoms with van der Waals surface area (Å²) in [4.78, 5) is 37.9. The third-order valence-electron chi connectivity index (χ3n) is 11.1. The molecule has 0 saturated carbocycles. The number of unbranched alkanes of at least 4 members (excludes halogenated alkanes) is 23. The fourth-order valence-corrected chi connectivity index (χ4v) is 7.09. The number of hydrogen-bond donors (Lipinski definition) is 0. The number of allylic oxidation sites excluding steroid dienone is 14. The maximum Gasteiger partial charge on any atom is 0.306 e. The van der Waals surface area contributed by atoms with Crippen molar-refractivity contribution in [3.8, 4) is 0 Å². The van der Waals surface area contributed by atoms with Crippen molar-refractivity contribution >= 4 is 17.9 Å². The number of ether oxygens (including phenoxy) is 3. The highest BCUT2D eigenvalue weighted by Crippen LogP contribution is 2.12. The predicted molar refractivity (Wildman–Crippen MR) is 274 cm³/mol. The van der Waals surface area contributed by atoms with Crippen molar-refractivity contribution < 1.29 is 28.6 Å². The maximum atomic E-state index is 12.8. The second-order valence-corrected chi connectivity index (χ2v) is 17.5. The maximum absolute atomic E-state index is 12.8. The molecule has 0 aromatic carbocycles. The van der Waals surface area contributed by atoms with E-state index in [9.17, 15) is 14.4 Å². The summed E-state index contributed by atoms with van der Waals surface area (Å²) in [5.74, 6) is -1.07. The molecule has 0 rings (SSSR count). The van der Waals surface area contributed by atoms with Gasteiger partial charge in [-0.3, -0.25) is 14.4 Å². The Bertz CT molecular complexity index is 1250. The smallest absolute Gasteiger partial charge is 0.306 e. The topological polar surface area (TPSA) is 78.9 Å². The van der Waals surface area contributed by atoms with E-state index >= 15 is 0 Å². The van der Waals surface area contributed by atoms with Crippen LogP contribution in [0.15, 0.2) is 85.1 Å². The molecule has 0 aromatic heterocycles. The van der Waals surface area contributed by atoms with E-state index in [-0.39, 0.29) is 50.4 Å². The largest absolute Gasteiger partial charge is 0.462 e. The van der Waals surface area contributed by atoms with Gasteiger partial charge in [0.25, 0.3) is 0 Å². The van der Waals surface area contributed by atoms with Crippen molar-refractivity contribution in [2.45, 2.75) is 252 Å². The second kappa shape index (κ2) is 52.2. The Morgan fingerprint density at radius 1 is 0.328 bits per heavy atom. The molecule has 0 radical (unpaired) electrons. The third kappa shape index (κ3) is 49.6. The van der Waals surface area contributed by atoms with Crippen LogP contribution in [-0.2, 0) is 28.6 Å². The SMILES string of the molecule is CCCCCCCC/C=C\C/C=C\C/C=C\CCCC(=O)OCC(COC(=O)CC/C=C\C/C=C\CCCCCCCC)OC(=O)CCCCC/C=C\C=C/CCCCCCCCC. The molecular weight excluding hydrogens is 793 g/mol. The van der Waals surface area contributed by atoms with Crippen LogP contribution in [0.2, 0.25) is 0 Å². The van der Waals surface area contributed by atoms with Gasteiger partial charge in [0.2, 0.25) is 0 Å². The molecule has 0 aliphatic heterocycles. The number of rotatable bonds is 47. The van der Waals surface area contributed by atoms with Crippen LogP contribution >= 0.6 is 0 Å². The zero-order valence-corrected chi connectivity index (χ0v) is 41.8. The van der Waals surface area contributed by atoms with Crippen LogP contribution in [0.25, 0.3) is 0 Å². The lowest BCUT2D eigenvalue weighted by Crippen LogP contribution is -2.30. The monoisotopic (exact) mass is 891 g/mol. The van der Waals surface area contributed by atoms with Crippen LogP contribution in [0.5, 0.6) is 0 Å². The highest BCUT2D eigenvalue weighted by atomic mass is 16.6. The van der Waals surface area contributed by atoms with Crippen LogP contribution in [0.1, 0.15) is 245 Å². The number of esters is 3. The quantitative estimate of drug-likeness (QED) is 0.0199. The summed E-state index contributed by atoms with van der Waals surface area (Å²) in [7, 11) is 0. The Labute approximate surface area is 395 Å². The molecule has 0 N–H and O–H groups in total. The zero-order valence-electron chi connectivity index (χ0n) is 41.8. The van der Waals surface area contributed by atoms with E-state index < -0.39 is 6.10 Å². The van der Waals surface area contributed by atoms with Crippen molar-refractivity contribution in [2.75, 3.05) is 13.2 Å². The summed E-state index contributed by atoms with van der Waals surface area (Å²) in [6.07, 6.45) is 67.3. The Morgan fingerprint density at radius 3 is 1.11 bits per heavy atom. The lowest BCUT2D eigenvalue weighted by atomic mass is 10.1. The van der Waals surface area contributed by atoms with Crippen molar-refractivity contribution in [1.29, 1.82) is 0 Å². The molecule has 0 aliphatic rings. The van der Waals surface area contributed by atoms with Gasteiger partial charge in [0.15, 0.2) is 6.10 Å². The zero-order chi connectivity index (χ0) is 46.5. The van der Waals surface area contributed by atoms with Crippen LogP contribution in [0.3, 0.4) is 0 Å². The molecule has 0 amide bonds. The summed E-state index contributed by atoms with van der Waals surface area (Å²) in [5.41, 5.74) is 0. The van der Waals surface area contributed by atoms with Gasteiger partial charge >= 0.3 is 17.9 Å². The minimum absolute atomic E-state index is 0.131. The minimum Gasteiger partial charge on any atom is -0.462 e. The standard InChI is InChI=1S/C58H98O6/c1-4-7-10-13-16-19-22-25-27-29-31-33-36-39-42-45-48-51-57(60)63-54-55(53-62-56(59)50-47-44-41-38-35-32-24-21-18-15-12-9-6-3)64-58(61)52-49-46-43-40-37-34-30-28-26-23-20-17-14-11-8-5-2/h25,27-28,30-35,37,39,41-42,44,55H,4-24,26,29,36,38,40,43,45-54H2,1-3H3/b27-25-,30-28-,33-31-,35-32-,37-34-,42-39-,44-41-. The van der Waals surface area contributed by atoms with E-state index in [4.69, 9.17) is 14.2 Å². The first-order valence-electron chi connectivity index (χ1n) is 26.6. The van der Waals surface area contributed by atoms with Gasteiger partial charge in [0.05, 0.1) is 0 Å². The van der Waals surface area contributed by atoms with E-state index in [2.05, 4.69) is 99.8 Å². The van der Waals surface area contributed by atoms with Crippen LogP contribution in [0.4, 0.5) is 0 Å². The molecule has 0 heterocycles. The first-order valence-corrected chi connectivity index (χ1v) is 26.6. The predicted octanol–water partition coefficient (Wildman–Crippen LogP) is 17.6. The average molecular weight is 891 g/mol. The normalized spacial score (nSPS) is 12.7. The Balaban J connectivity index is 4.56. The lowest BCUT2D eigenvalue weighted by Gasteiger charge is -2.18. The Kier molecular flexibility index (Phi) is 49.4. The van der Waals surface area contributed by atoms with Crippen molar-refractivity contribution in [1.82, 2.24) is 0 Å². The van der Waals surface area contributed by atoms with Crippen molar-refractivity contribution in [3.05, 3.63) is 85.1 Å². The third-order valence-corrected chi connectivity index (χ3v) is 11.1. The Morgan fingerprint density at radius 2 is 0.656 bits per heavy atom. The summed E-state index contributed by atoms with van der Waals surface area (Å²) >= 11 is 0. The molecule has 0 aromatic rings. The molecule has 0 aliphatic carbocycles. The fourth-order valence-electron chi connectivity index (χ4n) is 7.09. The molecule has 1 atom stereocenters. The molecule has 0 bridgehead atoms. The van der Waals surface area contributed by atoms with Gasteiger partial charge in [-0.05, 0) is 96.3 Å². The lowest BCUT2D eigenvalue weighted by molar-refractivity contribution is -0.166. The summed E-state index contributed by atoms with van der Waals surface area (Å²) < 4.78 is 16.7. The van der Waals surface area contributed by atoms with Crippen LogP contribution < -0.4 is 0 Å². The van der Waals surface area contributed by atoms with Gasteiger partial charge in [-0.15, -0.1) is 0 Å². The fraction of sp³-hybridized carbons (Fsp3) is 0.707. The molecular formula is C58H98O6. The van der Waals surface area contributed by atoms with E-state index in [0.29, 0.717) is 19.3 Å². The summed E-state index contributed by atoms with van der Waals surface area (Å²) in [6, 6.07) is 0. The molecule has 366 valence electrons. The van der Waals surface area contributed by atoms with Gasteiger partial charge in [-0.1, -0.05) is 215 Å². The number of carbonyl (C=O) groups is 3. The van der Waals surface area contributed by atoms with Gasteiger partial charge in [0, 0.05) is 19.3 Å². The van der Waals surface area contributed by atoms with Crippen molar-refractivity contribution in [2.24, 2.45) is 0 Å². The highest BCUT2D eigenvalue weighted by molar-refractivity contribution is 5.71. The molecule has 0 saturated heterocycles. The van der Waals surface area contributed by atoms with Gasteiger partial charge in [-0.25, -0.2) is 0 Å². The first kappa shape index (κ1) is 60.6. The van der Waals surface area contributed by atoms with Gasteiger partial charge in [-0.2, -0.15) is 0 Å². The van der Waals surface area contributed by atoms with E-state index in [1.807, 2.05) is 6.08 Å². The van der Waals surface area contributed by atoms with E-state index in [1.54, 1.807) is 0 Å². The average Bonchev–Trinajstić information content (AvgIpc) is 3.29. The van der Waals surface area contributed by atoms with E-state index in [0.717, 1.165) is 57.8 Å².